The van der Waals surface area contributed by atoms with Gasteiger partial charge >= 0.3 is 0 Å². The Hall–Kier alpha value is -1.85. The van der Waals surface area contributed by atoms with Gasteiger partial charge in [-0.3, -0.25) is 14.4 Å². The Morgan fingerprint density at radius 3 is 2.45 bits per heavy atom. The number of hydrogen-bond acceptors (Lipinski definition) is 8. The monoisotopic (exact) mass is 458 g/mol. The van der Waals surface area contributed by atoms with Gasteiger partial charge in [0.25, 0.3) is 0 Å². The van der Waals surface area contributed by atoms with Gasteiger partial charge in [0.1, 0.15) is 11.8 Å². The quantitative estimate of drug-likeness (QED) is 0.430. The second-order valence-electron chi connectivity index (χ2n) is 6.73. The first kappa shape index (κ1) is 23.4. The van der Waals surface area contributed by atoms with E-state index in [1.165, 1.54) is 18.3 Å². The number of sulfonamides is 1. The lowest BCUT2D eigenvalue weighted by Gasteiger charge is -2.28. The fraction of sp³-hybridized carbons (Fsp3) is 0.500. The van der Waals surface area contributed by atoms with Crippen LogP contribution in [0.15, 0.2) is 28.6 Å². The minimum absolute atomic E-state index is 0.341. The van der Waals surface area contributed by atoms with Crippen LogP contribution in [0.5, 0.6) is 5.75 Å². The molecule has 2 aromatic rings. The molecule has 1 amide bonds. The molecule has 1 heterocycles. The van der Waals surface area contributed by atoms with Crippen molar-refractivity contribution in [2.24, 2.45) is 5.92 Å². The highest BCUT2D eigenvalue weighted by molar-refractivity contribution is 8.01. The predicted molar refractivity (Wildman–Crippen MR) is 118 cm³/mol. The van der Waals surface area contributed by atoms with E-state index in [1.807, 2.05) is 6.92 Å². The van der Waals surface area contributed by atoms with Crippen molar-refractivity contribution in [1.29, 1.82) is 0 Å². The average Bonchev–Trinajstić information content (AvgIpc) is 3.08. The van der Waals surface area contributed by atoms with Gasteiger partial charge in [-0.05, 0) is 44.0 Å². The Kier molecular flexibility index (Phi) is 8.29. The second kappa shape index (κ2) is 10.3. The SMILES string of the molecule is CCOc1ccc(N([C@@H](C)C(=O)Nc2nnc(SCC(C)C)s2)S(C)(=O)=O)cc1. The molecule has 1 N–H and O–H groups in total. The zero-order valence-corrected chi connectivity index (χ0v) is 19.5. The smallest absolute Gasteiger partial charge is 0.249 e. The van der Waals surface area contributed by atoms with Crippen molar-refractivity contribution in [2.45, 2.75) is 38.1 Å². The Bertz CT molecular complexity index is 913. The first-order chi connectivity index (χ1) is 13.6. The molecule has 0 aliphatic rings. The minimum Gasteiger partial charge on any atom is -0.494 e. The van der Waals surface area contributed by atoms with Gasteiger partial charge < -0.3 is 4.74 Å². The molecule has 1 aromatic carbocycles. The summed E-state index contributed by atoms with van der Waals surface area (Å²) >= 11 is 2.84. The average molecular weight is 459 g/mol. The molecule has 0 aliphatic heterocycles. The van der Waals surface area contributed by atoms with E-state index in [9.17, 15) is 13.2 Å². The fourth-order valence-electron chi connectivity index (χ4n) is 2.43. The van der Waals surface area contributed by atoms with Crippen LogP contribution in [-0.2, 0) is 14.8 Å². The summed E-state index contributed by atoms with van der Waals surface area (Å²) < 4.78 is 32.0. The van der Waals surface area contributed by atoms with E-state index >= 15 is 0 Å². The van der Waals surface area contributed by atoms with Gasteiger partial charge in [0, 0.05) is 5.75 Å². The fourth-order valence-corrected chi connectivity index (χ4v) is 5.34. The molecule has 0 aliphatic carbocycles. The van der Waals surface area contributed by atoms with Crippen molar-refractivity contribution >= 4 is 49.8 Å². The second-order valence-corrected chi connectivity index (χ2v) is 10.8. The Balaban J connectivity index is 2.14. The highest BCUT2D eigenvalue weighted by Crippen LogP contribution is 2.28. The van der Waals surface area contributed by atoms with Gasteiger partial charge in [0.15, 0.2) is 4.34 Å². The van der Waals surface area contributed by atoms with Crippen molar-refractivity contribution in [2.75, 3.05) is 28.2 Å². The number of aromatic nitrogens is 2. The first-order valence-corrected chi connectivity index (χ1v) is 12.8. The molecule has 0 saturated heterocycles. The summed E-state index contributed by atoms with van der Waals surface area (Å²) in [7, 11) is -3.70. The normalized spacial score (nSPS) is 12.6. The summed E-state index contributed by atoms with van der Waals surface area (Å²) in [5.41, 5.74) is 0.379. The molecule has 8 nitrogen and oxygen atoms in total. The summed E-state index contributed by atoms with van der Waals surface area (Å²) in [5, 5.41) is 11.0. The van der Waals surface area contributed by atoms with E-state index in [2.05, 4.69) is 29.4 Å². The summed E-state index contributed by atoms with van der Waals surface area (Å²) in [4.78, 5) is 12.7. The molecule has 0 bridgehead atoms. The predicted octanol–water partition coefficient (Wildman–Crippen LogP) is 3.48. The lowest BCUT2D eigenvalue weighted by molar-refractivity contribution is -0.116. The molecule has 1 aromatic heterocycles. The van der Waals surface area contributed by atoms with Crippen LogP contribution >= 0.6 is 23.1 Å². The number of anilines is 2. The van der Waals surface area contributed by atoms with Crippen LogP contribution in [0.25, 0.3) is 0 Å². The number of nitrogens with one attached hydrogen (secondary N) is 1. The van der Waals surface area contributed by atoms with Crippen LogP contribution < -0.4 is 14.4 Å². The van der Waals surface area contributed by atoms with Crippen LogP contribution in [0.4, 0.5) is 10.8 Å². The number of benzene rings is 1. The molecule has 0 saturated carbocycles. The van der Waals surface area contributed by atoms with Gasteiger partial charge in [-0.25, -0.2) is 8.42 Å². The molecule has 0 radical (unpaired) electrons. The first-order valence-electron chi connectivity index (χ1n) is 9.11. The number of carbonyl (C=O) groups excluding carboxylic acids is 1. The standard InChI is InChI=1S/C18H26N4O4S3/c1-6-26-15-9-7-14(8-10-15)22(29(5,24)25)13(4)16(23)19-17-20-21-18(28-17)27-11-12(2)3/h7-10,12-13H,6,11H2,1-5H3,(H,19,20,23)/t13-/m0/s1. The Morgan fingerprint density at radius 1 is 1.24 bits per heavy atom. The number of nitrogens with zero attached hydrogens (tertiary/aromatic N) is 3. The largest absolute Gasteiger partial charge is 0.494 e. The van der Waals surface area contributed by atoms with Crippen molar-refractivity contribution in [1.82, 2.24) is 10.2 Å². The topological polar surface area (TPSA) is 101 Å². The van der Waals surface area contributed by atoms with Gasteiger partial charge in [0.05, 0.1) is 18.6 Å². The third kappa shape index (κ3) is 6.86. The van der Waals surface area contributed by atoms with Gasteiger partial charge in [-0.15, -0.1) is 10.2 Å². The highest BCUT2D eigenvalue weighted by Gasteiger charge is 2.29. The molecule has 0 unspecified atom stereocenters. The van der Waals surface area contributed by atoms with E-state index in [1.54, 1.807) is 36.0 Å². The zero-order chi connectivity index (χ0) is 21.6. The molecule has 29 heavy (non-hydrogen) atoms. The number of amides is 1. The van der Waals surface area contributed by atoms with E-state index in [4.69, 9.17) is 4.74 Å². The van der Waals surface area contributed by atoms with Crippen LogP contribution in [0.1, 0.15) is 27.7 Å². The summed E-state index contributed by atoms with van der Waals surface area (Å²) in [6.07, 6.45) is 1.07. The van der Waals surface area contributed by atoms with Crippen LogP contribution in [-0.4, -0.2) is 49.2 Å². The summed E-state index contributed by atoms with van der Waals surface area (Å²) in [6, 6.07) is 5.59. The molecule has 0 spiro atoms. The zero-order valence-electron chi connectivity index (χ0n) is 17.1. The Morgan fingerprint density at radius 2 is 1.90 bits per heavy atom. The number of carbonyl (C=O) groups is 1. The van der Waals surface area contributed by atoms with E-state index in [0.29, 0.717) is 29.1 Å². The van der Waals surface area contributed by atoms with Gasteiger partial charge in [-0.2, -0.15) is 0 Å². The lowest BCUT2D eigenvalue weighted by Crippen LogP contribution is -2.45. The van der Waals surface area contributed by atoms with E-state index in [-0.39, 0.29) is 0 Å². The number of hydrogen-bond donors (Lipinski definition) is 1. The maximum absolute atomic E-state index is 12.7. The molecule has 2 rings (SSSR count). The van der Waals surface area contributed by atoms with Crippen molar-refractivity contribution in [3.63, 3.8) is 0 Å². The molecule has 0 fully saturated rings. The number of thioether (sulfide) groups is 1. The molecule has 1 atom stereocenters. The van der Waals surface area contributed by atoms with E-state index in [0.717, 1.165) is 20.7 Å². The number of rotatable bonds is 10. The van der Waals surface area contributed by atoms with Crippen molar-refractivity contribution < 1.29 is 17.9 Å². The van der Waals surface area contributed by atoms with Crippen molar-refractivity contribution in [3.8, 4) is 5.75 Å². The van der Waals surface area contributed by atoms with Gasteiger partial charge in [0.2, 0.25) is 21.1 Å². The molecular weight excluding hydrogens is 432 g/mol. The highest BCUT2D eigenvalue weighted by atomic mass is 32.2. The lowest BCUT2D eigenvalue weighted by atomic mass is 10.2. The minimum atomic E-state index is -3.70. The van der Waals surface area contributed by atoms with E-state index < -0.39 is 22.0 Å². The van der Waals surface area contributed by atoms with Gasteiger partial charge in [-0.1, -0.05) is 36.9 Å². The third-order valence-electron chi connectivity index (χ3n) is 3.67. The summed E-state index contributed by atoms with van der Waals surface area (Å²) in [6.45, 7) is 8.12. The number of ether oxygens (including phenoxy) is 1. The molecular formula is C18H26N4O4S3. The molecule has 11 heteroatoms. The van der Waals surface area contributed by atoms with Crippen LogP contribution in [0.3, 0.4) is 0 Å². The van der Waals surface area contributed by atoms with Crippen LogP contribution in [0.2, 0.25) is 0 Å². The summed E-state index contributed by atoms with van der Waals surface area (Å²) in [5.74, 6) is 1.56. The maximum atomic E-state index is 12.7. The van der Waals surface area contributed by atoms with Crippen LogP contribution in [0, 0.1) is 5.92 Å². The Labute approximate surface area is 180 Å². The third-order valence-corrected chi connectivity index (χ3v) is 7.31. The molecule has 160 valence electrons. The maximum Gasteiger partial charge on any atom is 0.249 e. The van der Waals surface area contributed by atoms with Crippen molar-refractivity contribution in [3.05, 3.63) is 24.3 Å².